The highest BCUT2D eigenvalue weighted by Crippen LogP contribution is 2.23. The quantitative estimate of drug-likeness (QED) is 0.379. The second-order valence-electron chi connectivity index (χ2n) is 2.77. The monoisotopic (exact) mass is 154 g/mol. The lowest BCUT2D eigenvalue weighted by atomic mass is 10.1. The predicted molar refractivity (Wildman–Crippen MR) is 38.0 cm³/mol. The number of hydrogen-bond acceptors (Lipinski definition) is 3. The smallest absolute Gasteiger partial charge is 0.334 e. The standard InChI is InChI=1S/C8H10O3/c9-8-7(2-4-11-8)6-1-3-10-5-6/h1-5H2. The Morgan fingerprint density at radius 3 is 2.64 bits per heavy atom. The van der Waals surface area contributed by atoms with E-state index in [1.807, 2.05) is 0 Å². The van der Waals surface area contributed by atoms with Crippen molar-refractivity contribution in [2.45, 2.75) is 12.8 Å². The van der Waals surface area contributed by atoms with Gasteiger partial charge in [-0.25, -0.2) is 4.79 Å². The van der Waals surface area contributed by atoms with Gasteiger partial charge >= 0.3 is 5.97 Å². The fourth-order valence-corrected chi connectivity index (χ4v) is 1.46. The zero-order valence-electron chi connectivity index (χ0n) is 6.26. The Hall–Kier alpha value is -0.830. The summed E-state index contributed by atoms with van der Waals surface area (Å²) in [6.07, 6.45) is 1.68. The molecule has 0 unspecified atom stereocenters. The van der Waals surface area contributed by atoms with E-state index in [9.17, 15) is 4.79 Å². The molecule has 0 aliphatic carbocycles. The van der Waals surface area contributed by atoms with E-state index in [1.165, 1.54) is 0 Å². The third kappa shape index (κ3) is 1.16. The van der Waals surface area contributed by atoms with Gasteiger partial charge in [0, 0.05) is 12.0 Å². The zero-order chi connectivity index (χ0) is 7.68. The molecule has 0 aromatic carbocycles. The van der Waals surface area contributed by atoms with Crippen LogP contribution in [0.4, 0.5) is 0 Å². The third-order valence-corrected chi connectivity index (χ3v) is 2.08. The maximum Gasteiger partial charge on any atom is 0.334 e. The predicted octanol–water partition coefficient (Wildman–Crippen LogP) is 0.650. The fourth-order valence-electron chi connectivity index (χ4n) is 1.46. The van der Waals surface area contributed by atoms with Crippen LogP contribution in [-0.4, -0.2) is 25.8 Å². The first kappa shape index (κ1) is 6.85. The maximum atomic E-state index is 11.0. The molecule has 60 valence electrons. The Bertz CT molecular complexity index is 209. The minimum atomic E-state index is -0.134. The molecule has 0 aromatic heterocycles. The number of ether oxygens (including phenoxy) is 2. The van der Waals surface area contributed by atoms with Crippen LogP contribution in [0, 0.1) is 0 Å². The molecule has 3 heteroatoms. The minimum absolute atomic E-state index is 0.134. The lowest BCUT2D eigenvalue weighted by molar-refractivity contribution is -0.135. The van der Waals surface area contributed by atoms with Gasteiger partial charge < -0.3 is 9.47 Å². The van der Waals surface area contributed by atoms with Gasteiger partial charge in [-0.15, -0.1) is 0 Å². The summed E-state index contributed by atoms with van der Waals surface area (Å²) in [6.45, 7) is 1.94. The minimum Gasteiger partial charge on any atom is -0.462 e. The molecule has 2 heterocycles. The van der Waals surface area contributed by atoms with Crippen LogP contribution in [0.25, 0.3) is 0 Å². The van der Waals surface area contributed by atoms with Crippen LogP contribution in [0.2, 0.25) is 0 Å². The molecule has 0 bridgehead atoms. The summed E-state index contributed by atoms with van der Waals surface area (Å²) in [5, 5.41) is 0. The van der Waals surface area contributed by atoms with Crippen LogP contribution in [0.3, 0.4) is 0 Å². The van der Waals surface area contributed by atoms with Crippen molar-refractivity contribution in [2.75, 3.05) is 19.8 Å². The number of hydrogen-bond donors (Lipinski definition) is 0. The van der Waals surface area contributed by atoms with Crippen molar-refractivity contribution in [1.29, 1.82) is 0 Å². The van der Waals surface area contributed by atoms with Gasteiger partial charge in [0.1, 0.15) is 0 Å². The topological polar surface area (TPSA) is 35.5 Å². The van der Waals surface area contributed by atoms with Gasteiger partial charge in [-0.05, 0) is 12.0 Å². The Kier molecular flexibility index (Phi) is 1.66. The highest BCUT2D eigenvalue weighted by atomic mass is 16.5. The third-order valence-electron chi connectivity index (χ3n) is 2.08. The summed E-state index contributed by atoms with van der Waals surface area (Å²) in [7, 11) is 0. The molecule has 2 saturated heterocycles. The average Bonchev–Trinajstić information content (AvgIpc) is 2.55. The van der Waals surface area contributed by atoms with E-state index in [2.05, 4.69) is 0 Å². The van der Waals surface area contributed by atoms with Gasteiger partial charge in [-0.2, -0.15) is 0 Å². The van der Waals surface area contributed by atoms with E-state index in [0.717, 1.165) is 30.6 Å². The number of carbonyl (C=O) groups excluding carboxylic acids is 1. The largest absolute Gasteiger partial charge is 0.462 e. The van der Waals surface area contributed by atoms with Crippen LogP contribution in [0.5, 0.6) is 0 Å². The summed E-state index contributed by atoms with van der Waals surface area (Å²) in [5.41, 5.74) is 2.01. The first-order valence-electron chi connectivity index (χ1n) is 3.83. The van der Waals surface area contributed by atoms with Gasteiger partial charge in [0.15, 0.2) is 0 Å². The van der Waals surface area contributed by atoms with Crippen LogP contribution in [0.15, 0.2) is 11.1 Å². The molecule has 2 fully saturated rings. The molecule has 11 heavy (non-hydrogen) atoms. The van der Waals surface area contributed by atoms with Crippen molar-refractivity contribution >= 4 is 5.97 Å². The van der Waals surface area contributed by atoms with Crippen LogP contribution in [-0.2, 0) is 14.3 Å². The summed E-state index contributed by atoms with van der Waals surface area (Å²) >= 11 is 0. The number of rotatable bonds is 0. The molecule has 0 radical (unpaired) electrons. The zero-order valence-corrected chi connectivity index (χ0v) is 6.26. The van der Waals surface area contributed by atoms with E-state index in [0.29, 0.717) is 13.2 Å². The first-order valence-corrected chi connectivity index (χ1v) is 3.83. The van der Waals surface area contributed by atoms with Gasteiger partial charge in [0.2, 0.25) is 0 Å². The Morgan fingerprint density at radius 1 is 1.18 bits per heavy atom. The van der Waals surface area contributed by atoms with E-state index < -0.39 is 0 Å². The van der Waals surface area contributed by atoms with Crippen molar-refractivity contribution in [3.63, 3.8) is 0 Å². The summed E-state index contributed by atoms with van der Waals surface area (Å²) in [4.78, 5) is 11.0. The molecule has 0 atom stereocenters. The molecule has 2 aliphatic rings. The van der Waals surface area contributed by atoms with Crippen molar-refractivity contribution in [3.8, 4) is 0 Å². The van der Waals surface area contributed by atoms with Crippen molar-refractivity contribution in [1.82, 2.24) is 0 Å². The highest BCUT2D eigenvalue weighted by molar-refractivity contribution is 5.91. The molecular formula is C8H10O3. The van der Waals surface area contributed by atoms with Gasteiger partial charge in [-0.1, -0.05) is 0 Å². The van der Waals surface area contributed by atoms with Crippen LogP contribution < -0.4 is 0 Å². The molecule has 0 spiro atoms. The summed E-state index contributed by atoms with van der Waals surface area (Å²) in [6, 6.07) is 0. The molecule has 2 rings (SSSR count). The average molecular weight is 154 g/mol. The molecule has 0 saturated carbocycles. The number of esters is 1. The summed E-state index contributed by atoms with van der Waals surface area (Å²) < 4.78 is 9.98. The van der Waals surface area contributed by atoms with E-state index >= 15 is 0 Å². The molecule has 0 aromatic rings. The van der Waals surface area contributed by atoms with Crippen molar-refractivity contribution in [3.05, 3.63) is 11.1 Å². The SMILES string of the molecule is O=C1OCCC1=C1CCOC1. The molecule has 0 amide bonds. The summed E-state index contributed by atoms with van der Waals surface area (Å²) in [5.74, 6) is -0.134. The van der Waals surface area contributed by atoms with E-state index in [1.54, 1.807) is 0 Å². The first-order chi connectivity index (χ1) is 5.38. The van der Waals surface area contributed by atoms with Gasteiger partial charge in [-0.3, -0.25) is 0 Å². The van der Waals surface area contributed by atoms with E-state index in [-0.39, 0.29) is 5.97 Å². The van der Waals surface area contributed by atoms with E-state index in [4.69, 9.17) is 9.47 Å². The Labute approximate surface area is 65.0 Å². The molecule has 3 nitrogen and oxygen atoms in total. The van der Waals surface area contributed by atoms with Crippen molar-refractivity contribution in [2.24, 2.45) is 0 Å². The molecular weight excluding hydrogens is 144 g/mol. The molecule has 0 N–H and O–H groups in total. The second-order valence-corrected chi connectivity index (χ2v) is 2.77. The second kappa shape index (κ2) is 2.66. The van der Waals surface area contributed by atoms with Gasteiger partial charge in [0.05, 0.1) is 19.8 Å². The van der Waals surface area contributed by atoms with Crippen molar-refractivity contribution < 1.29 is 14.3 Å². The van der Waals surface area contributed by atoms with Gasteiger partial charge in [0.25, 0.3) is 0 Å². The molecule has 2 aliphatic heterocycles. The number of carbonyl (C=O) groups is 1. The highest BCUT2D eigenvalue weighted by Gasteiger charge is 2.24. The lowest BCUT2D eigenvalue weighted by Gasteiger charge is -1.95. The lowest BCUT2D eigenvalue weighted by Crippen LogP contribution is -1.99. The normalized spacial score (nSPS) is 31.1. The van der Waals surface area contributed by atoms with Crippen LogP contribution >= 0.6 is 0 Å². The Morgan fingerprint density at radius 2 is 2.09 bits per heavy atom. The maximum absolute atomic E-state index is 11.0. The number of cyclic esters (lactones) is 1. The van der Waals surface area contributed by atoms with Crippen LogP contribution in [0.1, 0.15) is 12.8 Å². The fraction of sp³-hybridized carbons (Fsp3) is 0.625. The Balaban J connectivity index is 2.23.